The zero-order chi connectivity index (χ0) is 16.8. The summed E-state index contributed by atoms with van der Waals surface area (Å²) in [7, 11) is 1.79. The largest absolute Gasteiger partial charge is 0.356 e. The summed E-state index contributed by atoms with van der Waals surface area (Å²) < 4.78 is 1.32. The molecule has 1 aliphatic heterocycles. The number of carbonyl (C=O) groups is 1. The van der Waals surface area contributed by atoms with Crippen LogP contribution in [0.3, 0.4) is 0 Å². The summed E-state index contributed by atoms with van der Waals surface area (Å²) in [4.78, 5) is 19.6. The number of rotatable bonds is 5. The molecule has 2 heterocycles. The Morgan fingerprint density at radius 3 is 2.83 bits per heavy atom. The lowest BCUT2D eigenvalue weighted by atomic mass is 10.2. The number of carbonyl (C=O) groups excluding carboxylic acids is 1. The molecule has 0 spiro atoms. The number of hydrogen-bond donors (Lipinski definition) is 2. The minimum absolute atomic E-state index is 0. The molecule has 1 unspecified atom stereocenters. The number of nitrogens with zero attached hydrogens (tertiary/aromatic N) is 2. The predicted molar refractivity (Wildman–Crippen MR) is 120 cm³/mol. The molecule has 2 N–H and O–H groups in total. The lowest BCUT2D eigenvalue weighted by Gasteiger charge is -2.20. The van der Waals surface area contributed by atoms with Crippen LogP contribution in [0.25, 0.3) is 0 Å². The summed E-state index contributed by atoms with van der Waals surface area (Å²) in [5, 5.41) is 6.79. The lowest BCUT2D eigenvalue weighted by Crippen LogP contribution is -2.45. The number of guanidine groups is 1. The first-order valence-electron chi connectivity index (χ1n) is 7.99. The summed E-state index contributed by atoms with van der Waals surface area (Å²) in [5.41, 5.74) is 0. The van der Waals surface area contributed by atoms with E-state index in [1.165, 1.54) is 7.76 Å². The average Bonchev–Trinajstić information content (AvgIpc) is 3.14. The molecular weight excluding hydrogens is 550 g/mol. The third-order valence-electron chi connectivity index (χ3n) is 3.85. The maximum absolute atomic E-state index is 12.0. The van der Waals surface area contributed by atoms with Gasteiger partial charge in [-0.3, -0.25) is 9.79 Å². The van der Waals surface area contributed by atoms with Crippen molar-refractivity contribution in [3.63, 3.8) is 0 Å². The van der Waals surface area contributed by atoms with Crippen LogP contribution in [0.1, 0.15) is 25.1 Å². The first-order valence-corrected chi connectivity index (χ1v) is 9.89. The molecule has 0 saturated carbocycles. The highest BCUT2D eigenvalue weighted by Gasteiger charge is 2.27. The van der Waals surface area contributed by atoms with E-state index in [4.69, 9.17) is 0 Å². The van der Waals surface area contributed by atoms with Crippen molar-refractivity contribution in [3.05, 3.63) is 19.9 Å². The maximum Gasteiger partial charge on any atom is 0.225 e. The summed E-state index contributed by atoms with van der Waals surface area (Å²) in [6.07, 6.45) is 1.97. The van der Waals surface area contributed by atoms with E-state index in [0.29, 0.717) is 0 Å². The minimum Gasteiger partial charge on any atom is -0.356 e. The number of likely N-dealkylation sites (tertiary alicyclic amines) is 1. The van der Waals surface area contributed by atoms with Crippen molar-refractivity contribution in [1.29, 1.82) is 0 Å². The standard InChI is InChI=1S/C16H25IN4OS.HI/c1-11(2)15(22)21-9-7-12(10-21)20-16(18-3)19-8-6-13-4-5-14(17)23-13;/h4-5,11-12H,6-10H2,1-3H3,(H2,18,19,20);1H. The number of halogens is 2. The molecule has 5 nitrogen and oxygen atoms in total. The third-order valence-corrected chi connectivity index (χ3v) is 5.80. The Bertz CT molecular complexity index is 562. The molecule has 136 valence electrons. The molecule has 1 aromatic heterocycles. The second kappa shape index (κ2) is 10.8. The van der Waals surface area contributed by atoms with Crippen molar-refractivity contribution in [1.82, 2.24) is 15.5 Å². The van der Waals surface area contributed by atoms with Crippen molar-refractivity contribution >= 4 is 69.8 Å². The monoisotopic (exact) mass is 576 g/mol. The van der Waals surface area contributed by atoms with Gasteiger partial charge < -0.3 is 15.5 Å². The second-order valence-electron chi connectivity index (χ2n) is 6.02. The smallest absolute Gasteiger partial charge is 0.225 e. The van der Waals surface area contributed by atoms with Crippen molar-refractivity contribution in [3.8, 4) is 0 Å². The molecule has 2 rings (SSSR count). The molecule has 1 aromatic rings. The van der Waals surface area contributed by atoms with E-state index in [-0.39, 0.29) is 41.8 Å². The Morgan fingerprint density at radius 2 is 2.25 bits per heavy atom. The van der Waals surface area contributed by atoms with Crippen LogP contribution >= 0.6 is 57.9 Å². The number of nitrogens with one attached hydrogen (secondary N) is 2. The zero-order valence-electron chi connectivity index (χ0n) is 14.3. The van der Waals surface area contributed by atoms with E-state index in [9.17, 15) is 4.79 Å². The van der Waals surface area contributed by atoms with E-state index in [0.717, 1.165) is 38.4 Å². The molecule has 24 heavy (non-hydrogen) atoms. The summed E-state index contributed by atoms with van der Waals surface area (Å²) in [6.45, 7) is 6.36. The van der Waals surface area contributed by atoms with Crippen LogP contribution in [0.5, 0.6) is 0 Å². The van der Waals surface area contributed by atoms with Crippen molar-refractivity contribution in [2.45, 2.75) is 32.7 Å². The van der Waals surface area contributed by atoms with Crippen LogP contribution in [-0.2, 0) is 11.2 Å². The quantitative estimate of drug-likeness (QED) is 0.322. The van der Waals surface area contributed by atoms with Crippen molar-refractivity contribution < 1.29 is 4.79 Å². The summed E-state index contributed by atoms with van der Waals surface area (Å²) in [6, 6.07) is 4.61. The normalized spacial score (nSPS) is 17.8. The Hall–Kier alpha value is -0.100. The number of aliphatic imine (C=N–C) groups is 1. The van der Waals surface area contributed by atoms with E-state index >= 15 is 0 Å². The van der Waals surface area contributed by atoms with Gasteiger partial charge in [-0.05, 0) is 47.6 Å². The third kappa shape index (κ3) is 6.66. The Kier molecular flexibility index (Phi) is 9.87. The van der Waals surface area contributed by atoms with E-state index < -0.39 is 0 Å². The van der Waals surface area contributed by atoms with E-state index in [1.807, 2.05) is 30.1 Å². The van der Waals surface area contributed by atoms with Crippen molar-refractivity contribution in [2.75, 3.05) is 26.7 Å². The molecule has 1 amide bonds. The van der Waals surface area contributed by atoms with Gasteiger partial charge in [0.1, 0.15) is 0 Å². The van der Waals surface area contributed by atoms with Gasteiger partial charge in [-0.2, -0.15) is 0 Å². The summed E-state index contributed by atoms with van der Waals surface area (Å²) in [5.74, 6) is 1.13. The van der Waals surface area contributed by atoms with E-state index in [2.05, 4.69) is 50.3 Å². The van der Waals surface area contributed by atoms with Gasteiger partial charge >= 0.3 is 0 Å². The van der Waals surface area contributed by atoms with Crippen LogP contribution in [0.15, 0.2) is 17.1 Å². The molecule has 1 saturated heterocycles. The van der Waals surface area contributed by atoms with Crippen LogP contribution < -0.4 is 10.6 Å². The van der Waals surface area contributed by atoms with Crippen LogP contribution in [0.4, 0.5) is 0 Å². The van der Waals surface area contributed by atoms with Gasteiger partial charge in [-0.15, -0.1) is 35.3 Å². The molecule has 8 heteroatoms. The minimum atomic E-state index is 0. The SMILES string of the molecule is CN=C(NCCc1ccc(I)s1)NC1CCN(C(=O)C(C)C)C1.I. The van der Waals surface area contributed by atoms with Crippen LogP contribution in [0, 0.1) is 8.80 Å². The van der Waals surface area contributed by atoms with Gasteiger partial charge in [-0.25, -0.2) is 0 Å². The Morgan fingerprint density at radius 1 is 1.50 bits per heavy atom. The predicted octanol–water partition coefficient (Wildman–Crippen LogP) is 2.94. The average molecular weight is 576 g/mol. The number of thiophene rings is 1. The fourth-order valence-corrected chi connectivity index (χ4v) is 4.38. The van der Waals surface area contributed by atoms with Gasteiger partial charge in [-0.1, -0.05) is 13.8 Å². The second-order valence-corrected chi connectivity index (χ2v) is 9.09. The highest BCUT2D eigenvalue weighted by Crippen LogP contribution is 2.18. The molecule has 1 aliphatic rings. The molecule has 1 fully saturated rings. The number of amides is 1. The van der Waals surface area contributed by atoms with Gasteiger partial charge in [0.25, 0.3) is 0 Å². The highest BCUT2D eigenvalue weighted by atomic mass is 127. The van der Waals surface area contributed by atoms with Crippen molar-refractivity contribution in [2.24, 2.45) is 10.9 Å². The van der Waals surface area contributed by atoms with Gasteiger partial charge in [0.05, 0.1) is 2.88 Å². The zero-order valence-corrected chi connectivity index (χ0v) is 19.6. The van der Waals surface area contributed by atoms with Crippen LogP contribution in [0.2, 0.25) is 0 Å². The highest BCUT2D eigenvalue weighted by molar-refractivity contribution is 14.1. The maximum atomic E-state index is 12.0. The molecule has 0 radical (unpaired) electrons. The molecule has 1 atom stereocenters. The Labute approximate surface area is 179 Å². The first-order chi connectivity index (χ1) is 11.0. The van der Waals surface area contributed by atoms with Gasteiger partial charge in [0.2, 0.25) is 5.91 Å². The van der Waals surface area contributed by atoms with Gasteiger partial charge in [0.15, 0.2) is 5.96 Å². The molecule has 0 aromatic carbocycles. The summed E-state index contributed by atoms with van der Waals surface area (Å²) >= 11 is 4.18. The first kappa shape index (κ1) is 21.9. The lowest BCUT2D eigenvalue weighted by molar-refractivity contribution is -0.133. The van der Waals surface area contributed by atoms with Crippen LogP contribution in [-0.4, -0.2) is 49.5 Å². The topological polar surface area (TPSA) is 56.7 Å². The molecule has 0 aliphatic carbocycles. The Balaban J connectivity index is 0.00000288. The van der Waals surface area contributed by atoms with E-state index in [1.54, 1.807) is 7.05 Å². The number of hydrogen-bond acceptors (Lipinski definition) is 3. The fourth-order valence-electron chi connectivity index (χ4n) is 2.62. The van der Waals surface area contributed by atoms with Gasteiger partial charge in [0, 0.05) is 43.5 Å². The fraction of sp³-hybridized carbons (Fsp3) is 0.625. The molecular formula is C16H26I2N4OS. The molecule has 0 bridgehead atoms.